The monoisotopic (exact) mass is 271 g/mol. The molecule has 1 saturated carbocycles. The van der Waals surface area contributed by atoms with Crippen LogP contribution in [0.4, 0.5) is 0 Å². The van der Waals surface area contributed by atoms with Crippen molar-refractivity contribution in [1.82, 2.24) is 5.32 Å². The predicted octanol–water partition coefficient (Wildman–Crippen LogP) is 4.31. The summed E-state index contributed by atoms with van der Waals surface area (Å²) in [7, 11) is 0. The van der Waals surface area contributed by atoms with E-state index in [4.69, 9.17) is 23.2 Å². The molecule has 0 saturated heterocycles. The molecule has 0 aromatic heterocycles. The number of hydrogen-bond acceptors (Lipinski definition) is 1. The number of benzene rings is 1. The highest BCUT2D eigenvalue weighted by Gasteiger charge is 2.29. The second-order valence-corrected chi connectivity index (χ2v) is 5.64. The van der Waals surface area contributed by atoms with Crippen molar-refractivity contribution >= 4 is 23.2 Å². The molecule has 1 aromatic carbocycles. The number of rotatable bonds is 6. The van der Waals surface area contributed by atoms with Gasteiger partial charge in [-0.2, -0.15) is 0 Å². The van der Waals surface area contributed by atoms with Crippen LogP contribution in [0, 0.1) is 5.92 Å². The molecule has 1 fully saturated rings. The molecule has 1 aliphatic carbocycles. The zero-order valence-electron chi connectivity index (χ0n) is 10.2. The molecule has 1 aromatic rings. The van der Waals surface area contributed by atoms with Crippen LogP contribution in [-0.4, -0.2) is 12.6 Å². The van der Waals surface area contributed by atoms with E-state index in [-0.39, 0.29) is 0 Å². The zero-order valence-corrected chi connectivity index (χ0v) is 11.7. The number of nitrogens with one attached hydrogen (secondary N) is 1. The van der Waals surface area contributed by atoms with Crippen LogP contribution in [0.5, 0.6) is 0 Å². The first kappa shape index (κ1) is 13.2. The molecular weight excluding hydrogens is 253 g/mol. The van der Waals surface area contributed by atoms with Gasteiger partial charge in [-0.3, -0.25) is 0 Å². The Bertz CT molecular complexity index is 374. The Morgan fingerprint density at radius 3 is 2.71 bits per heavy atom. The topological polar surface area (TPSA) is 12.0 Å². The number of halogens is 2. The molecule has 2 rings (SSSR count). The standard InChI is InChI=1S/C14H19Cl2N/c1-2-14(11-3-4-11)17-8-7-10-5-6-12(15)9-13(10)16/h5-6,9,11,14,17H,2-4,7-8H2,1H3. The van der Waals surface area contributed by atoms with E-state index in [9.17, 15) is 0 Å². The normalized spacial score (nSPS) is 17.1. The maximum absolute atomic E-state index is 6.14. The minimum atomic E-state index is 0.695. The van der Waals surface area contributed by atoms with Gasteiger partial charge < -0.3 is 5.32 Å². The molecule has 94 valence electrons. The molecule has 1 aliphatic rings. The third-order valence-corrected chi connectivity index (χ3v) is 4.03. The highest BCUT2D eigenvalue weighted by atomic mass is 35.5. The lowest BCUT2D eigenvalue weighted by molar-refractivity contribution is 0.453. The fraction of sp³-hybridized carbons (Fsp3) is 0.571. The minimum absolute atomic E-state index is 0.695. The summed E-state index contributed by atoms with van der Waals surface area (Å²) >= 11 is 12.0. The van der Waals surface area contributed by atoms with Crippen molar-refractivity contribution < 1.29 is 0 Å². The van der Waals surface area contributed by atoms with Gasteiger partial charge in [-0.25, -0.2) is 0 Å². The molecule has 0 radical (unpaired) electrons. The van der Waals surface area contributed by atoms with Gasteiger partial charge in [-0.1, -0.05) is 36.2 Å². The summed E-state index contributed by atoms with van der Waals surface area (Å²) in [6, 6.07) is 6.43. The average molecular weight is 272 g/mol. The lowest BCUT2D eigenvalue weighted by Crippen LogP contribution is -2.32. The van der Waals surface area contributed by atoms with Crippen molar-refractivity contribution in [1.29, 1.82) is 0 Å². The average Bonchev–Trinajstić information content (AvgIpc) is 3.11. The van der Waals surface area contributed by atoms with Gasteiger partial charge >= 0.3 is 0 Å². The van der Waals surface area contributed by atoms with E-state index in [0.717, 1.165) is 23.9 Å². The first-order valence-corrected chi connectivity index (χ1v) is 7.13. The second-order valence-electron chi connectivity index (χ2n) is 4.79. The van der Waals surface area contributed by atoms with E-state index < -0.39 is 0 Å². The minimum Gasteiger partial charge on any atom is -0.313 e. The first-order chi connectivity index (χ1) is 8.20. The Kier molecular flexibility index (Phi) is 4.72. The molecule has 1 unspecified atom stereocenters. The summed E-state index contributed by atoms with van der Waals surface area (Å²) in [5.41, 5.74) is 1.18. The summed E-state index contributed by atoms with van der Waals surface area (Å²) in [6.07, 6.45) is 4.98. The maximum Gasteiger partial charge on any atom is 0.0453 e. The highest BCUT2D eigenvalue weighted by Crippen LogP contribution is 2.33. The van der Waals surface area contributed by atoms with Crippen molar-refractivity contribution in [2.75, 3.05) is 6.54 Å². The van der Waals surface area contributed by atoms with Crippen LogP contribution in [0.1, 0.15) is 31.7 Å². The Morgan fingerprint density at radius 2 is 2.12 bits per heavy atom. The Morgan fingerprint density at radius 1 is 1.35 bits per heavy atom. The van der Waals surface area contributed by atoms with Gasteiger partial charge in [0.25, 0.3) is 0 Å². The van der Waals surface area contributed by atoms with Gasteiger partial charge in [-0.05, 0) is 55.8 Å². The van der Waals surface area contributed by atoms with Crippen LogP contribution in [0.2, 0.25) is 10.0 Å². The third-order valence-electron chi connectivity index (χ3n) is 3.45. The van der Waals surface area contributed by atoms with Crippen molar-refractivity contribution in [3.8, 4) is 0 Å². The van der Waals surface area contributed by atoms with Gasteiger partial charge in [0.15, 0.2) is 0 Å². The van der Waals surface area contributed by atoms with E-state index in [0.29, 0.717) is 11.1 Å². The summed E-state index contributed by atoms with van der Waals surface area (Å²) < 4.78 is 0. The molecule has 0 bridgehead atoms. The van der Waals surface area contributed by atoms with Gasteiger partial charge in [0.1, 0.15) is 0 Å². The molecule has 1 atom stereocenters. The summed E-state index contributed by atoms with van der Waals surface area (Å²) in [5, 5.41) is 5.11. The molecule has 0 amide bonds. The Hall–Kier alpha value is -0.240. The molecule has 0 spiro atoms. The maximum atomic E-state index is 6.14. The van der Waals surface area contributed by atoms with E-state index in [2.05, 4.69) is 12.2 Å². The van der Waals surface area contributed by atoms with Gasteiger partial charge in [0.2, 0.25) is 0 Å². The third kappa shape index (κ3) is 3.87. The SMILES string of the molecule is CCC(NCCc1ccc(Cl)cc1Cl)C1CC1. The van der Waals surface area contributed by atoms with E-state index >= 15 is 0 Å². The van der Waals surface area contributed by atoms with Gasteiger partial charge in [-0.15, -0.1) is 0 Å². The summed E-state index contributed by atoms with van der Waals surface area (Å²) in [5.74, 6) is 0.917. The lowest BCUT2D eigenvalue weighted by Gasteiger charge is -2.16. The molecule has 3 heteroatoms. The predicted molar refractivity (Wildman–Crippen MR) is 75.0 cm³/mol. The molecule has 1 nitrogen and oxygen atoms in total. The molecule has 1 N–H and O–H groups in total. The fourth-order valence-electron chi connectivity index (χ4n) is 2.26. The fourth-order valence-corrected chi connectivity index (χ4v) is 2.76. The van der Waals surface area contributed by atoms with Crippen LogP contribution < -0.4 is 5.32 Å². The van der Waals surface area contributed by atoms with Gasteiger partial charge in [0, 0.05) is 16.1 Å². The molecular formula is C14H19Cl2N. The van der Waals surface area contributed by atoms with Crippen LogP contribution >= 0.6 is 23.2 Å². The molecule has 0 heterocycles. The van der Waals surface area contributed by atoms with E-state index in [1.54, 1.807) is 0 Å². The zero-order chi connectivity index (χ0) is 12.3. The lowest BCUT2D eigenvalue weighted by atomic mass is 10.1. The summed E-state index contributed by atoms with van der Waals surface area (Å²) in [6.45, 7) is 3.25. The van der Waals surface area contributed by atoms with Crippen molar-refractivity contribution in [2.45, 2.75) is 38.6 Å². The van der Waals surface area contributed by atoms with Gasteiger partial charge in [0.05, 0.1) is 0 Å². The number of hydrogen-bond donors (Lipinski definition) is 1. The van der Waals surface area contributed by atoms with E-state index in [1.165, 1.54) is 24.8 Å². The Labute approximate surface area is 114 Å². The molecule has 17 heavy (non-hydrogen) atoms. The Balaban J connectivity index is 1.80. The van der Waals surface area contributed by atoms with Crippen LogP contribution in [-0.2, 0) is 6.42 Å². The smallest absolute Gasteiger partial charge is 0.0453 e. The quantitative estimate of drug-likeness (QED) is 0.813. The van der Waals surface area contributed by atoms with Crippen LogP contribution in [0.25, 0.3) is 0 Å². The second kappa shape index (κ2) is 6.08. The largest absolute Gasteiger partial charge is 0.313 e. The highest BCUT2D eigenvalue weighted by molar-refractivity contribution is 6.35. The van der Waals surface area contributed by atoms with Crippen LogP contribution in [0.3, 0.4) is 0 Å². The molecule has 0 aliphatic heterocycles. The van der Waals surface area contributed by atoms with E-state index in [1.807, 2.05) is 18.2 Å². The van der Waals surface area contributed by atoms with Crippen LogP contribution in [0.15, 0.2) is 18.2 Å². The van der Waals surface area contributed by atoms with Crippen molar-refractivity contribution in [3.05, 3.63) is 33.8 Å². The van der Waals surface area contributed by atoms with Crippen molar-refractivity contribution in [3.63, 3.8) is 0 Å². The summed E-state index contributed by atoms with van der Waals surface area (Å²) in [4.78, 5) is 0. The van der Waals surface area contributed by atoms with Crippen molar-refractivity contribution in [2.24, 2.45) is 5.92 Å². The first-order valence-electron chi connectivity index (χ1n) is 6.38.